The zero-order chi connectivity index (χ0) is 22.6. The van der Waals surface area contributed by atoms with Gasteiger partial charge in [0.25, 0.3) is 0 Å². The lowest BCUT2D eigenvalue weighted by atomic mass is 10.0. The molecule has 3 heteroatoms. The predicted molar refractivity (Wildman–Crippen MR) is 134 cm³/mol. The van der Waals surface area contributed by atoms with Gasteiger partial charge in [-0.05, 0) is 30.0 Å². The highest BCUT2D eigenvalue weighted by Gasteiger charge is 2.04. The largest absolute Gasteiger partial charge is 0.478 e. The number of hydrogen-bond acceptors (Lipinski definition) is 2. The van der Waals surface area contributed by atoms with E-state index in [0.29, 0.717) is 0 Å². The highest BCUT2D eigenvalue weighted by Crippen LogP contribution is 2.15. The second-order valence-electron chi connectivity index (χ2n) is 8.97. The Bertz CT molecular complexity index is 592. The van der Waals surface area contributed by atoms with Crippen molar-refractivity contribution < 1.29 is 9.90 Å². The minimum Gasteiger partial charge on any atom is -0.478 e. The Kier molecular flexibility index (Phi) is 16.9. The summed E-state index contributed by atoms with van der Waals surface area (Å²) in [6, 6.07) is 8.18. The van der Waals surface area contributed by atoms with E-state index in [4.69, 9.17) is 10.8 Å². The molecule has 0 heterocycles. The number of rotatable bonds is 20. The molecular formula is C28H47NO2. The predicted octanol–water partition coefficient (Wildman–Crippen LogP) is 7.92. The van der Waals surface area contributed by atoms with Crippen molar-refractivity contribution in [3.05, 3.63) is 41.0 Å². The van der Waals surface area contributed by atoms with Crippen LogP contribution in [0.4, 0.5) is 0 Å². The Hall–Kier alpha value is -1.61. The van der Waals surface area contributed by atoms with Gasteiger partial charge in [-0.1, -0.05) is 128 Å². The van der Waals surface area contributed by atoms with Crippen molar-refractivity contribution in [1.29, 1.82) is 0 Å². The smallest absolute Gasteiger partial charge is 0.332 e. The molecule has 0 aliphatic carbocycles. The van der Waals surface area contributed by atoms with Crippen LogP contribution in [-0.4, -0.2) is 17.6 Å². The first-order chi connectivity index (χ1) is 15.2. The minimum absolute atomic E-state index is 0.0519. The van der Waals surface area contributed by atoms with Gasteiger partial charge in [-0.25, -0.2) is 4.79 Å². The van der Waals surface area contributed by atoms with Crippen LogP contribution < -0.4 is 5.73 Å². The van der Waals surface area contributed by atoms with Gasteiger partial charge in [-0.3, -0.25) is 0 Å². The third-order valence-corrected chi connectivity index (χ3v) is 6.13. The van der Waals surface area contributed by atoms with Crippen LogP contribution >= 0.6 is 0 Å². The number of carboxylic acids is 1. The summed E-state index contributed by atoms with van der Waals surface area (Å²) in [5.41, 5.74) is 7.95. The second kappa shape index (κ2) is 19.1. The highest BCUT2D eigenvalue weighted by molar-refractivity contribution is 5.92. The number of aryl methyl sites for hydroxylation is 1. The maximum atomic E-state index is 11.0. The third-order valence-electron chi connectivity index (χ3n) is 6.13. The van der Waals surface area contributed by atoms with Gasteiger partial charge in [0.1, 0.15) is 0 Å². The van der Waals surface area contributed by atoms with Crippen molar-refractivity contribution in [3.8, 4) is 0 Å². The maximum absolute atomic E-state index is 11.0. The fraction of sp³-hybridized carbons (Fsp3) is 0.679. The first kappa shape index (κ1) is 27.4. The summed E-state index contributed by atoms with van der Waals surface area (Å²) in [4.78, 5) is 11.0. The molecule has 1 rings (SSSR count). The van der Waals surface area contributed by atoms with Crippen molar-refractivity contribution in [3.63, 3.8) is 0 Å². The highest BCUT2D eigenvalue weighted by atomic mass is 16.4. The quantitative estimate of drug-likeness (QED) is 0.163. The van der Waals surface area contributed by atoms with E-state index in [2.05, 4.69) is 19.1 Å². The van der Waals surface area contributed by atoms with E-state index >= 15 is 0 Å². The molecule has 176 valence electrons. The van der Waals surface area contributed by atoms with Crippen LogP contribution in [-0.2, 0) is 11.2 Å². The lowest BCUT2D eigenvalue weighted by Gasteiger charge is -2.05. The average molecular weight is 430 g/mol. The van der Waals surface area contributed by atoms with Crippen LogP contribution in [0.1, 0.15) is 121 Å². The third kappa shape index (κ3) is 14.9. The standard InChI is InChI=1S/C28H47NO2/c1-2-3-4-5-6-7-8-9-10-11-12-13-14-15-16-17-18-25-19-21-26(22-20-25)23-27(24-29)28(30)31/h19-23H,2-18,24,29H2,1H3,(H,30,31). The number of unbranched alkanes of at least 4 members (excludes halogenated alkanes) is 15. The van der Waals surface area contributed by atoms with Gasteiger partial charge in [0.05, 0.1) is 5.57 Å². The van der Waals surface area contributed by atoms with Crippen LogP contribution in [0.3, 0.4) is 0 Å². The summed E-state index contributed by atoms with van der Waals surface area (Å²) in [6.07, 6.45) is 25.1. The summed E-state index contributed by atoms with van der Waals surface area (Å²) in [7, 11) is 0. The summed E-state index contributed by atoms with van der Waals surface area (Å²) < 4.78 is 0. The first-order valence-electron chi connectivity index (χ1n) is 12.9. The molecule has 0 radical (unpaired) electrons. The van der Waals surface area contributed by atoms with Crippen molar-refractivity contribution >= 4 is 12.0 Å². The maximum Gasteiger partial charge on any atom is 0.332 e. The van der Waals surface area contributed by atoms with Crippen LogP contribution in [0.25, 0.3) is 6.08 Å². The van der Waals surface area contributed by atoms with Gasteiger partial charge in [-0.2, -0.15) is 0 Å². The zero-order valence-corrected chi connectivity index (χ0v) is 20.0. The summed E-state index contributed by atoms with van der Waals surface area (Å²) in [5.74, 6) is -0.945. The second-order valence-corrected chi connectivity index (χ2v) is 8.97. The van der Waals surface area contributed by atoms with Gasteiger partial charge < -0.3 is 10.8 Å². The van der Waals surface area contributed by atoms with E-state index in [1.54, 1.807) is 6.08 Å². The number of hydrogen-bond donors (Lipinski definition) is 2. The number of carboxylic acid groups (broad SMARTS) is 1. The van der Waals surface area contributed by atoms with Crippen LogP contribution in [0.5, 0.6) is 0 Å². The zero-order valence-electron chi connectivity index (χ0n) is 20.0. The molecular weight excluding hydrogens is 382 g/mol. The fourth-order valence-corrected chi connectivity index (χ4v) is 4.07. The lowest BCUT2D eigenvalue weighted by Crippen LogP contribution is -2.11. The molecule has 0 fully saturated rings. The Labute approximate surface area is 191 Å². The SMILES string of the molecule is CCCCCCCCCCCCCCCCCCc1ccc(C=C(CN)C(=O)O)cc1. The summed E-state index contributed by atoms with van der Waals surface area (Å²) in [6.45, 7) is 2.33. The van der Waals surface area contributed by atoms with Crippen LogP contribution in [0, 0.1) is 0 Å². The van der Waals surface area contributed by atoms with Gasteiger partial charge in [0.2, 0.25) is 0 Å². The molecule has 1 aromatic rings. The van der Waals surface area contributed by atoms with E-state index in [-0.39, 0.29) is 12.1 Å². The number of aliphatic carboxylic acids is 1. The molecule has 31 heavy (non-hydrogen) atoms. The fourth-order valence-electron chi connectivity index (χ4n) is 4.07. The molecule has 0 aliphatic heterocycles. The van der Waals surface area contributed by atoms with Crippen LogP contribution in [0.2, 0.25) is 0 Å². The summed E-state index contributed by atoms with van der Waals surface area (Å²) >= 11 is 0. The molecule has 0 unspecified atom stereocenters. The molecule has 3 N–H and O–H groups in total. The molecule has 0 atom stereocenters. The minimum atomic E-state index is -0.945. The van der Waals surface area contributed by atoms with Crippen LogP contribution in [0.15, 0.2) is 29.8 Å². The average Bonchev–Trinajstić information content (AvgIpc) is 2.77. The molecule has 3 nitrogen and oxygen atoms in total. The number of nitrogens with two attached hydrogens (primary N) is 1. The first-order valence-corrected chi connectivity index (χ1v) is 12.9. The normalized spacial score (nSPS) is 11.7. The molecule has 0 aromatic heterocycles. The van der Waals surface area contributed by atoms with E-state index in [0.717, 1.165) is 12.0 Å². The van der Waals surface area contributed by atoms with E-state index in [9.17, 15) is 4.79 Å². The Morgan fingerprint density at radius 2 is 1.16 bits per heavy atom. The van der Waals surface area contributed by atoms with E-state index < -0.39 is 5.97 Å². The topological polar surface area (TPSA) is 63.3 Å². The Morgan fingerprint density at radius 1 is 0.742 bits per heavy atom. The molecule has 0 spiro atoms. The monoisotopic (exact) mass is 429 g/mol. The molecule has 1 aromatic carbocycles. The van der Waals surface area contributed by atoms with Gasteiger partial charge in [0, 0.05) is 6.54 Å². The molecule has 0 aliphatic rings. The molecule has 0 saturated heterocycles. The Balaban J connectivity index is 1.95. The van der Waals surface area contributed by atoms with Crippen molar-refractivity contribution in [2.45, 2.75) is 116 Å². The van der Waals surface area contributed by atoms with Gasteiger partial charge in [0.15, 0.2) is 0 Å². The number of benzene rings is 1. The number of carbonyl (C=O) groups is 1. The Morgan fingerprint density at radius 3 is 1.55 bits per heavy atom. The van der Waals surface area contributed by atoms with Gasteiger partial charge in [-0.15, -0.1) is 0 Å². The lowest BCUT2D eigenvalue weighted by molar-refractivity contribution is -0.132. The summed E-state index contributed by atoms with van der Waals surface area (Å²) in [5, 5.41) is 9.05. The van der Waals surface area contributed by atoms with Gasteiger partial charge >= 0.3 is 5.97 Å². The van der Waals surface area contributed by atoms with Crippen molar-refractivity contribution in [2.75, 3.05) is 6.54 Å². The van der Waals surface area contributed by atoms with E-state index in [1.807, 2.05) is 12.1 Å². The molecule has 0 amide bonds. The molecule has 0 saturated carbocycles. The van der Waals surface area contributed by atoms with E-state index in [1.165, 1.54) is 108 Å². The molecule has 0 bridgehead atoms. The van der Waals surface area contributed by atoms with Crippen molar-refractivity contribution in [2.24, 2.45) is 5.73 Å². The van der Waals surface area contributed by atoms with Crippen molar-refractivity contribution in [1.82, 2.24) is 0 Å².